The van der Waals surface area contributed by atoms with Crippen LogP contribution in [0.25, 0.3) is 0 Å². The van der Waals surface area contributed by atoms with Crippen LogP contribution in [0.15, 0.2) is 12.2 Å². The molecule has 5 fully saturated rings. The summed E-state index contributed by atoms with van der Waals surface area (Å²) >= 11 is 0. The van der Waals surface area contributed by atoms with Crippen molar-refractivity contribution in [1.29, 1.82) is 0 Å². The normalized spacial score (nSPS) is 27.8. The van der Waals surface area contributed by atoms with E-state index in [2.05, 4.69) is 4.90 Å². The predicted molar refractivity (Wildman–Crippen MR) is 158 cm³/mol. The maximum Gasteiger partial charge on any atom is 0.342 e. The SMILES string of the molecule is COc1c(C)c2c(c(OC(=O)C34CC5CC(CC(C5)C3)C4)c1CC=CCCC(=O)OCCCN1CCOCC1)C(=O)OC2. The molecule has 0 aromatic heterocycles. The molecule has 2 heterocycles. The van der Waals surface area contributed by atoms with Crippen molar-refractivity contribution in [1.82, 2.24) is 4.90 Å². The average molecular weight is 596 g/mol. The zero-order valence-corrected chi connectivity index (χ0v) is 25.6. The van der Waals surface area contributed by atoms with Gasteiger partial charge in [-0.15, -0.1) is 0 Å². The summed E-state index contributed by atoms with van der Waals surface area (Å²) < 4.78 is 28.3. The highest BCUT2D eigenvalue weighted by Gasteiger charge is 2.56. The Morgan fingerprint density at radius 2 is 1.72 bits per heavy atom. The van der Waals surface area contributed by atoms with Gasteiger partial charge in [-0.2, -0.15) is 0 Å². The van der Waals surface area contributed by atoms with Crippen LogP contribution in [0, 0.1) is 30.1 Å². The molecule has 0 N–H and O–H groups in total. The summed E-state index contributed by atoms with van der Waals surface area (Å²) in [7, 11) is 1.60. The third-order valence-corrected chi connectivity index (χ3v) is 10.3. The monoisotopic (exact) mass is 595 g/mol. The van der Waals surface area contributed by atoms with Gasteiger partial charge in [-0.3, -0.25) is 14.5 Å². The van der Waals surface area contributed by atoms with Crippen LogP contribution in [0.4, 0.5) is 0 Å². The number of morpholine rings is 1. The number of rotatable bonds is 12. The van der Waals surface area contributed by atoms with Gasteiger partial charge in [-0.1, -0.05) is 12.2 Å². The fourth-order valence-electron chi connectivity index (χ4n) is 8.58. The van der Waals surface area contributed by atoms with Gasteiger partial charge < -0.3 is 23.7 Å². The lowest BCUT2D eigenvalue weighted by Crippen LogP contribution is -2.51. The first-order chi connectivity index (χ1) is 20.9. The Hall–Kier alpha value is -2.91. The van der Waals surface area contributed by atoms with Crippen LogP contribution in [-0.2, 0) is 36.8 Å². The minimum absolute atomic E-state index is 0.142. The van der Waals surface area contributed by atoms with Gasteiger partial charge in [0, 0.05) is 37.2 Å². The van der Waals surface area contributed by atoms with E-state index >= 15 is 0 Å². The number of carbonyl (C=O) groups excluding carboxylic acids is 3. The van der Waals surface area contributed by atoms with Crippen molar-refractivity contribution in [2.45, 2.75) is 77.7 Å². The summed E-state index contributed by atoms with van der Waals surface area (Å²) in [6.07, 6.45) is 12.2. The van der Waals surface area contributed by atoms with Gasteiger partial charge in [0.25, 0.3) is 0 Å². The summed E-state index contributed by atoms with van der Waals surface area (Å²) in [6.45, 7) is 6.75. The molecular weight excluding hydrogens is 550 g/mol. The van der Waals surface area contributed by atoms with Crippen molar-refractivity contribution in [3.8, 4) is 11.5 Å². The van der Waals surface area contributed by atoms with E-state index in [1.54, 1.807) is 7.11 Å². The van der Waals surface area contributed by atoms with Crippen molar-refractivity contribution in [2.75, 3.05) is 46.6 Å². The molecule has 234 valence electrons. The van der Waals surface area contributed by atoms with Crippen molar-refractivity contribution in [2.24, 2.45) is 23.2 Å². The van der Waals surface area contributed by atoms with E-state index in [4.69, 9.17) is 23.7 Å². The van der Waals surface area contributed by atoms with Crippen LogP contribution in [0.1, 0.15) is 84.8 Å². The summed E-state index contributed by atoms with van der Waals surface area (Å²) in [4.78, 5) is 41.5. The first-order valence-electron chi connectivity index (χ1n) is 16.1. The molecule has 1 saturated heterocycles. The molecule has 0 spiro atoms. The highest BCUT2D eigenvalue weighted by molar-refractivity contribution is 5.99. The van der Waals surface area contributed by atoms with E-state index in [0.717, 1.165) is 69.7 Å². The van der Waals surface area contributed by atoms with Crippen molar-refractivity contribution >= 4 is 17.9 Å². The van der Waals surface area contributed by atoms with Crippen LogP contribution >= 0.6 is 0 Å². The fraction of sp³-hybridized carbons (Fsp3) is 0.676. The molecule has 0 atom stereocenters. The number of esters is 3. The molecule has 6 aliphatic rings. The topological polar surface area (TPSA) is 101 Å². The number of hydrogen-bond donors (Lipinski definition) is 0. The van der Waals surface area contributed by atoms with Crippen LogP contribution < -0.4 is 9.47 Å². The Morgan fingerprint density at radius 1 is 1.02 bits per heavy atom. The van der Waals surface area contributed by atoms with Gasteiger partial charge in [-0.25, -0.2) is 4.79 Å². The number of carbonyl (C=O) groups is 3. The molecule has 9 nitrogen and oxygen atoms in total. The van der Waals surface area contributed by atoms with Gasteiger partial charge in [-0.05, 0) is 88.0 Å². The fourth-order valence-corrected chi connectivity index (χ4v) is 8.58. The van der Waals surface area contributed by atoms with E-state index in [1.807, 2.05) is 19.1 Å². The Kier molecular flexibility index (Phi) is 9.10. The smallest absolute Gasteiger partial charge is 0.342 e. The Bertz CT molecular complexity index is 1230. The largest absolute Gasteiger partial charge is 0.496 e. The first-order valence-corrected chi connectivity index (χ1v) is 16.1. The van der Waals surface area contributed by atoms with Gasteiger partial charge in [0.2, 0.25) is 0 Å². The number of allylic oxidation sites excluding steroid dienone is 2. The lowest BCUT2D eigenvalue weighted by atomic mass is 9.49. The second kappa shape index (κ2) is 13.0. The van der Waals surface area contributed by atoms with E-state index in [-0.39, 0.29) is 30.7 Å². The molecule has 9 heteroatoms. The van der Waals surface area contributed by atoms with Crippen molar-refractivity contribution < 1.29 is 38.1 Å². The maximum atomic E-state index is 14.0. The van der Waals surface area contributed by atoms with Crippen molar-refractivity contribution in [3.63, 3.8) is 0 Å². The summed E-state index contributed by atoms with van der Waals surface area (Å²) in [6, 6.07) is 0. The molecule has 4 aliphatic carbocycles. The predicted octanol–water partition coefficient (Wildman–Crippen LogP) is 4.94. The van der Waals surface area contributed by atoms with E-state index in [1.165, 1.54) is 19.3 Å². The van der Waals surface area contributed by atoms with E-state index < -0.39 is 11.4 Å². The highest BCUT2D eigenvalue weighted by atomic mass is 16.6. The summed E-state index contributed by atoms with van der Waals surface area (Å²) in [5, 5.41) is 0. The van der Waals surface area contributed by atoms with Crippen molar-refractivity contribution in [3.05, 3.63) is 34.4 Å². The molecule has 4 saturated carbocycles. The Balaban J connectivity index is 1.11. The highest BCUT2D eigenvalue weighted by Crippen LogP contribution is 2.60. The van der Waals surface area contributed by atoms with E-state index in [0.29, 0.717) is 54.1 Å². The molecular formula is C34H45NO8. The van der Waals surface area contributed by atoms with Gasteiger partial charge in [0.05, 0.1) is 32.3 Å². The molecule has 0 unspecified atom stereocenters. The quantitative estimate of drug-likeness (QED) is 0.144. The zero-order valence-electron chi connectivity index (χ0n) is 25.6. The van der Waals surface area contributed by atoms with Gasteiger partial charge in [0.15, 0.2) is 5.75 Å². The van der Waals surface area contributed by atoms with Crippen LogP contribution in [0.5, 0.6) is 11.5 Å². The first kappa shape index (κ1) is 30.1. The maximum absolute atomic E-state index is 14.0. The lowest BCUT2D eigenvalue weighted by molar-refractivity contribution is -0.161. The summed E-state index contributed by atoms with van der Waals surface area (Å²) in [5.74, 6) is 1.80. The zero-order chi connectivity index (χ0) is 30.0. The van der Waals surface area contributed by atoms with Crippen LogP contribution in [-0.4, -0.2) is 69.4 Å². The number of benzene rings is 1. The number of cyclic esters (lactones) is 1. The second-order valence-corrected chi connectivity index (χ2v) is 13.2. The molecule has 1 aromatic carbocycles. The number of nitrogens with zero attached hydrogens (tertiary/aromatic N) is 1. The molecule has 0 amide bonds. The summed E-state index contributed by atoms with van der Waals surface area (Å²) in [5.41, 5.74) is 2.09. The minimum Gasteiger partial charge on any atom is -0.496 e. The van der Waals surface area contributed by atoms with Crippen LogP contribution in [0.2, 0.25) is 0 Å². The molecule has 43 heavy (non-hydrogen) atoms. The third-order valence-electron chi connectivity index (χ3n) is 10.3. The van der Waals surface area contributed by atoms with Crippen LogP contribution in [0.3, 0.4) is 0 Å². The molecule has 7 rings (SSSR count). The molecule has 0 radical (unpaired) electrons. The van der Waals surface area contributed by atoms with E-state index in [9.17, 15) is 14.4 Å². The number of methoxy groups -OCH3 is 1. The minimum atomic E-state index is -0.462. The molecule has 2 aliphatic heterocycles. The number of ether oxygens (including phenoxy) is 5. The van der Waals surface area contributed by atoms with Gasteiger partial charge in [0.1, 0.15) is 17.9 Å². The third kappa shape index (κ3) is 6.34. The Labute approximate surface area is 254 Å². The molecule has 4 bridgehead atoms. The number of hydrogen-bond acceptors (Lipinski definition) is 9. The average Bonchev–Trinajstić information content (AvgIpc) is 3.38. The second-order valence-electron chi connectivity index (χ2n) is 13.2. The molecule has 1 aromatic rings. The Morgan fingerprint density at radius 3 is 2.40 bits per heavy atom. The standard InChI is InChI=1S/C34H45NO8/c1-22-27-21-42-32(37)29(27)31(43-33(38)34-18-23-15-24(19-34)17-25(16-23)20-34)26(30(22)39-2)7-4-3-5-8-28(36)41-12-6-9-35-10-13-40-14-11-35/h3-4,23-25H,5-21H2,1-2H3. The lowest BCUT2D eigenvalue weighted by Gasteiger charge is -2.55. The number of fused-ring (bicyclic) bond motifs is 1. The van der Waals surface area contributed by atoms with Gasteiger partial charge >= 0.3 is 17.9 Å².